The highest BCUT2D eigenvalue weighted by molar-refractivity contribution is 7.19. The Labute approximate surface area is 147 Å². The average molecular weight is 360 g/mol. The zero-order valence-corrected chi connectivity index (χ0v) is 14.2. The van der Waals surface area contributed by atoms with E-state index in [0.29, 0.717) is 10.0 Å². The molecule has 0 fully saturated rings. The summed E-state index contributed by atoms with van der Waals surface area (Å²) < 4.78 is 5.66. The molecular weight excluding hydrogens is 346 g/mol. The molecule has 1 aromatic carbocycles. The summed E-state index contributed by atoms with van der Waals surface area (Å²) in [5.74, 6) is -0.270. The summed E-state index contributed by atoms with van der Waals surface area (Å²) in [7, 11) is 0. The lowest BCUT2D eigenvalue weighted by Crippen LogP contribution is -2.27. The van der Waals surface area contributed by atoms with Crippen LogP contribution in [0.1, 0.15) is 33.9 Å². The van der Waals surface area contributed by atoms with E-state index in [4.69, 9.17) is 21.9 Å². The molecule has 0 saturated heterocycles. The van der Waals surface area contributed by atoms with Gasteiger partial charge in [-0.1, -0.05) is 41.0 Å². The molecule has 1 amide bonds. The van der Waals surface area contributed by atoms with E-state index in [-0.39, 0.29) is 23.4 Å². The number of anilines is 1. The molecule has 3 N–H and O–H groups in total. The summed E-state index contributed by atoms with van der Waals surface area (Å²) in [6.07, 6.45) is 1.82. The normalized spacial score (nSPS) is 16.1. The van der Waals surface area contributed by atoms with Crippen LogP contribution in [0.4, 0.5) is 5.88 Å². The molecule has 5 nitrogen and oxygen atoms in total. The van der Waals surface area contributed by atoms with Crippen molar-refractivity contribution in [2.75, 3.05) is 5.73 Å². The highest BCUT2D eigenvalue weighted by atomic mass is 35.5. The van der Waals surface area contributed by atoms with Crippen LogP contribution in [0.2, 0.25) is 4.34 Å². The molecule has 4 rings (SSSR count). The number of carbonyl (C=O) groups is 1. The van der Waals surface area contributed by atoms with E-state index in [1.165, 1.54) is 16.9 Å². The third-order valence-corrected chi connectivity index (χ3v) is 5.43. The van der Waals surface area contributed by atoms with Crippen LogP contribution in [0, 0.1) is 0 Å². The Kier molecular flexibility index (Phi) is 3.78. The van der Waals surface area contributed by atoms with E-state index < -0.39 is 0 Å². The van der Waals surface area contributed by atoms with E-state index in [1.807, 2.05) is 18.2 Å². The van der Waals surface area contributed by atoms with Gasteiger partial charge in [-0.05, 0) is 36.1 Å². The van der Waals surface area contributed by atoms with Gasteiger partial charge in [-0.2, -0.15) is 0 Å². The first-order valence-corrected chi connectivity index (χ1v) is 8.72. The zero-order valence-electron chi connectivity index (χ0n) is 12.6. The Hall–Kier alpha value is -2.31. The van der Waals surface area contributed by atoms with Gasteiger partial charge < -0.3 is 15.6 Å². The van der Waals surface area contributed by atoms with Crippen LogP contribution in [-0.4, -0.2) is 11.1 Å². The highest BCUT2D eigenvalue weighted by Crippen LogP contribution is 2.36. The predicted octanol–water partition coefficient (Wildman–Crippen LogP) is 4.06. The van der Waals surface area contributed by atoms with Crippen molar-refractivity contribution in [2.45, 2.75) is 18.9 Å². The zero-order chi connectivity index (χ0) is 16.7. The van der Waals surface area contributed by atoms with Gasteiger partial charge in [-0.25, -0.2) is 0 Å². The van der Waals surface area contributed by atoms with Gasteiger partial charge in [-0.3, -0.25) is 4.79 Å². The second-order valence-corrected chi connectivity index (χ2v) is 7.35. The molecule has 0 bridgehead atoms. The number of carbonyl (C=O) groups excluding carboxylic acids is 1. The number of aromatic nitrogens is 1. The number of hydrogen-bond donors (Lipinski definition) is 2. The smallest absolute Gasteiger partial charge is 0.259 e. The quantitative estimate of drug-likeness (QED) is 0.739. The third kappa shape index (κ3) is 2.57. The molecule has 1 aliphatic carbocycles. The summed E-state index contributed by atoms with van der Waals surface area (Å²) in [5.41, 5.74) is 8.95. The van der Waals surface area contributed by atoms with Crippen molar-refractivity contribution in [3.63, 3.8) is 0 Å². The van der Waals surface area contributed by atoms with Crippen LogP contribution in [0.3, 0.4) is 0 Å². The average Bonchev–Trinajstić information content (AvgIpc) is 3.27. The van der Waals surface area contributed by atoms with Crippen molar-refractivity contribution in [2.24, 2.45) is 0 Å². The Morgan fingerprint density at radius 3 is 2.96 bits per heavy atom. The summed E-state index contributed by atoms with van der Waals surface area (Å²) in [5, 5.41) is 6.98. The van der Waals surface area contributed by atoms with E-state index in [0.717, 1.165) is 23.3 Å². The van der Waals surface area contributed by atoms with Crippen molar-refractivity contribution < 1.29 is 9.32 Å². The van der Waals surface area contributed by atoms with Gasteiger partial charge in [0.1, 0.15) is 11.3 Å². The predicted molar refractivity (Wildman–Crippen MR) is 94.2 cm³/mol. The number of halogens is 1. The first-order chi connectivity index (χ1) is 11.6. The number of fused-ring (bicyclic) bond motifs is 1. The Bertz CT molecular complexity index is 918. The first kappa shape index (κ1) is 15.2. The molecule has 122 valence electrons. The van der Waals surface area contributed by atoms with Crippen molar-refractivity contribution in [3.8, 4) is 10.6 Å². The van der Waals surface area contributed by atoms with Gasteiger partial charge in [0.05, 0.1) is 15.3 Å². The lowest BCUT2D eigenvalue weighted by Gasteiger charge is -2.14. The van der Waals surface area contributed by atoms with Crippen LogP contribution in [0.15, 0.2) is 40.9 Å². The summed E-state index contributed by atoms with van der Waals surface area (Å²) in [6.45, 7) is 0. The fraction of sp³-hybridized carbons (Fsp3) is 0.176. The second kappa shape index (κ2) is 5.96. The minimum Gasteiger partial charge on any atom is -0.367 e. The Balaban J connectivity index is 1.63. The fourth-order valence-electron chi connectivity index (χ4n) is 3.07. The number of benzene rings is 1. The maximum absolute atomic E-state index is 12.8. The van der Waals surface area contributed by atoms with Crippen LogP contribution in [0.25, 0.3) is 10.6 Å². The number of aryl methyl sites for hydroxylation is 1. The lowest BCUT2D eigenvalue weighted by molar-refractivity contribution is 0.0938. The van der Waals surface area contributed by atoms with Crippen LogP contribution >= 0.6 is 22.9 Å². The summed E-state index contributed by atoms with van der Waals surface area (Å²) in [4.78, 5) is 13.5. The van der Waals surface area contributed by atoms with Crippen LogP contribution < -0.4 is 11.1 Å². The molecule has 0 saturated carbocycles. The molecule has 0 spiro atoms. The summed E-state index contributed by atoms with van der Waals surface area (Å²) >= 11 is 7.30. The number of nitrogen functional groups attached to an aromatic ring is 1. The van der Waals surface area contributed by atoms with Crippen LogP contribution in [-0.2, 0) is 6.42 Å². The first-order valence-electron chi connectivity index (χ1n) is 7.53. The molecule has 2 heterocycles. The van der Waals surface area contributed by atoms with E-state index in [9.17, 15) is 4.79 Å². The number of nitrogens with two attached hydrogens (primary N) is 1. The van der Waals surface area contributed by atoms with Crippen molar-refractivity contribution >= 4 is 34.7 Å². The van der Waals surface area contributed by atoms with Crippen molar-refractivity contribution in [3.05, 3.63) is 57.4 Å². The van der Waals surface area contributed by atoms with Crippen molar-refractivity contribution in [1.29, 1.82) is 0 Å². The molecular formula is C17H14ClN3O2S. The minimum absolute atomic E-state index is 0.0123. The largest absolute Gasteiger partial charge is 0.367 e. The van der Waals surface area contributed by atoms with E-state index >= 15 is 0 Å². The maximum Gasteiger partial charge on any atom is 0.259 e. The monoisotopic (exact) mass is 359 g/mol. The van der Waals surface area contributed by atoms with E-state index in [1.54, 1.807) is 12.1 Å². The van der Waals surface area contributed by atoms with Gasteiger partial charge in [0.25, 0.3) is 5.91 Å². The molecule has 1 atom stereocenters. The number of nitrogens with one attached hydrogen (secondary N) is 1. The topological polar surface area (TPSA) is 81.2 Å². The Morgan fingerprint density at radius 2 is 2.17 bits per heavy atom. The number of nitrogens with zero attached hydrogens (tertiary/aromatic N) is 1. The van der Waals surface area contributed by atoms with Gasteiger partial charge in [0.2, 0.25) is 5.88 Å². The summed E-state index contributed by atoms with van der Waals surface area (Å²) in [6, 6.07) is 11.7. The number of hydrogen-bond acceptors (Lipinski definition) is 5. The highest BCUT2D eigenvalue weighted by Gasteiger charge is 2.28. The molecule has 0 aliphatic heterocycles. The molecule has 2 aromatic heterocycles. The molecule has 3 aromatic rings. The van der Waals surface area contributed by atoms with Gasteiger partial charge >= 0.3 is 0 Å². The standard InChI is InChI=1S/C17H14ClN3O2S/c18-13-8-7-12(24-13)15-14(16(19)23-21-15)17(22)20-11-6-5-9-3-1-2-4-10(9)11/h1-4,7-8,11H,5-6,19H2,(H,20,22). The third-order valence-electron chi connectivity index (χ3n) is 4.19. The van der Waals surface area contributed by atoms with Gasteiger partial charge in [0.15, 0.2) is 0 Å². The Morgan fingerprint density at radius 1 is 1.33 bits per heavy atom. The van der Waals surface area contributed by atoms with Gasteiger partial charge in [-0.15, -0.1) is 11.3 Å². The minimum atomic E-state index is -0.282. The maximum atomic E-state index is 12.8. The molecule has 1 unspecified atom stereocenters. The fourth-order valence-corrected chi connectivity index (χ4v) is 4.10. The lowest BCUT2D eigenvalue weighted by atomic mass is 10.1. The van der Waals surface area contributed by atoms with E-state index in [2.05, 4.69) is 16.5 Å². The number of amides is 1. The van der Waals surface area contributed by atoms with Gasteiger partial charge in [0, 0.05) is 0 Å². The molecule has 7 heteroatoms. The number of thiophene rings is 1. The van der Waals surface area contributed by atoms with Crippen molar-refractivity contribution in [1.82, 2.24) is 10.5 Å². The molecule has 1 aliphatic rings. The number of rotatable bonds is 3. The van der Waals surface area contributed by atoms with Crippen LogP contribution in [0.5, 0.6) is 0 Å². The SMILES string of the molecule is Nc1onc(-c2ccc(Cl)s2)c1C(=O)NC1CCc2ccccc21. The molecule has 0 radical (unpaired) electrons. The molecule has 24 heavy (non-hydrogen) atoms. The second-order valence-electron chi connectivity index (χ2n) is 5.64.